The molecule has 5 nitrogen and oxygen atoms in total. The van der Waals surface area contributed by atoms with Crippen molar-refractivity contribution in [2.75, 3.05) is 26.7 Å². The van der Waals surface area contributed by atoms with Gasteiger partial charge in [-0.25, -0.2) is 0 Å². The van der Waals surface area contributed by atoms with Gasteiger partial charge in [0.25, 0.3) is 5.56 Å². The van der Waals surface area contributed by atoms with Crippen LogP contribution >= 0.6 is 11.6 Å². The standard InChI is InChI=1S/C23H28ClN3O2/c1-25(17-21-6-5-13-29-21)16-19-14-18-7-8-20(24)15-22(18)27(23(19)28)12-11-26-9-3-2-4-10-26/h5-8,13-15H,2-4,9-12,16-17H2,1H3. The van der Waals surface area contributed by atoms with Crippen LogP contribution in [-0.2, 0) is 19.6 Å². The van der Waals surface area contributed by atoms with Gasteiger partial charge >= 0.3 is 0 Å². The van der Waals surface area contributed by atoms with Gasteiger partial charge < -0.3 is 13.9 Å². The summed E-state index contributed by atoms with van der Waals surface area (Å²) in [6.07, 6.45) is 5.49. The summed E-state index contributed by atoms with van der Waals surface area (Å²) in [7, 11) is 2.01. The van der Waals surface area contributed by atoms with Crippen LogP contribution in [0.2, 0.25) is 5.02 Å². The van der Waals surface area contributed by atoms with Crippen LogP contribution in [0.3, 0.4) is 0 Å². The third-order valence-corrected chi connectivity index (χ3v) is 5.90. The molecule has 0 saturated carbocycles. The van der Waals surface area contributed by atoms with Gasteiger partial charge in [0.05, 0.1) is 18.3 Å². The minimum Gasteiger partial charge on any atom is -0.468 e. The molecule has 4 rings (SSSR count). The molecule has 1 aromatic carbocycles. The fourth-order valence-corrected chi connectivity index (χ4v) is 4.35. The monoisotopic (exact) mass is 413 g/mol. The molecule has 6 heteroatoms. The summed E-state index contributed by atoms with van der Waals surface area (Å²) in [5, 5.41) is 1.71. The summed E-state index contributed by atoms with van der Waals surface area (Å²) in [5.74, 6) is 0.894. The van der Waals surface area contributed by atoms with Gasteiger partial charge in [0.15, 0.2) is 0 Å². The number of nitrogens with zero attached hydrogens (tertiary/aromatic N) is 3. The highest BCUT2D eigenvalue weighted by atomic mass is 35.5. The van der Waals surface area contributed by atoms with Crippen molar-refractivity contribution in [2.24, 2.45) is 0 Å². The van der Waals surface area contributed by atoms with Crippen molar-refractivity contribution in [2.45, 2.75) is 38.9 Å². The fraction of sp³-hybridized carbons (Fsp3) is 0.435. The second-order valence-electron chi connectivity index (χ2n) is 7.98. The second kappa shape index (κ2) is 9.16. The number of piperidine rings is 1. The smallest absolute Gasteiger partial charge is 0.255 e. The van der Waals surface area contributed by atoms with Gasteiger partial charge in [-0.05, 0) is 68.7 Å². The van der Waals surface area contributed by atoms with Crippen LogP contribution in [0, 0.1) is 0 Å². The number of aromatic nitrogens is 1. The third-order valence-electron chi connectivity index (χ3n) is 5.67. The maximum Gasteiger partial charge on any atom is 0.255 e. The average Bonchev–Trinajstić information content (AvgIpc) is 3.22. The fourth-order valence-electron chi connectivity index (χ4n) is 4.18. The quantitative estimate of drug-likeness (QED) is 0.577. The largest absolute Gasteiger partial charge is 0.468 e. The highest BCUT2D eigenvalue weighted by Gasteiger charge is 2.15. The molecule has 3 heterocycles. The first-order chi connectivity index (χ1) is 14.1. The number of hydrogen-bond acceptors (Lipinski definition) is 4. The van der Waals surface area contributed by atoms with Crippen molar-refractivity contribution in [3.05, 3.63) is 69.4 Å². The molecular formula is C23H28ClN3O2. The van der Waals surface area contributed by atoms with E-state index >= 15 is 0 Å². The van der Waals surface area contributed by atoms with E-state index in [4.69, 9.17) is 16.0 Å². The lowest BCUT2D eigenvalue weighted by Crippen LogP contribution is -2.36. The first-order valence-electron chi connectivity index (χ1n) is 10.4. The number of benzene rings is 1. The Morgan fingerprint density at radius 3 is 2.66 bits per heavy atom. The van der Waals surface area contributed by atoms with Crippen LogP contribution in [0.15, 0.2) is 51.9 Å². The maximum absolute atomic E-state index is 13.4. The van der Waals surface area contributed by atoms with Gasteiger partial charge in [0, 0.05) is 30.2 Å². The maximum atomic E-state index is 13.4. The number of likely N-dealkylation sites (tertiary alicyclic amines) is 1. The molecule has 154 valence electrons. The molecule has 0 amide bonds. The SMILES string of the molecule is CN(Cc1ccco1)Cc1cc2ccc(Cl)cc2n(CCN2CCCCC2)c1=O. The van der Waals surface area contributed by atoms with Crippen molar-refractivity contribution in [3.8, 4) is 0 Å². The van der Waals surface area contributed by atoms with E-state index < -0.39 is 0 Å². The molecule has 0 atom stereocenters. The number of fused-ring (bicyclic) bond motifs is 1. The molecule has 29 heavy (non-hydrogen) atoms. The molecule has 0 aliphatic carbocycles. The Morgan fingerprint density at radius 2 is 1.90 bits per heavy atom. The zero-order valence-electron chi connectivity index (χ0n) is 16.9. The summed E-state index contributed by atoms with van der Waals surface area (Å²) < 4.78 is 7.35. The van der Waals surface area contributed by atoms with E-state index in [1.807, 2.05) is 48.0 Å². The number of rotatable bonds is 7. The van der Waals surface area contributed by atoms with Crippen LogP contribution in [0.5, 0.6) is 0 Å². The molecular weight excluding hydrogens is 386 g/mol. The molecule has 2 aromatic heterocycles. The van der Waals surface area contributed by atoms with Crippen molar-refractivity contribution in [1.82, 2.24) is 14.4 Å². The van der Waals surface area contributed by atoms with E-state index in [1.54, 1.807) is 6.26 Å². The Labute approximate surface area is 176 Å². The number of halogens is 1. The Balaban J connectivity index is 1.61. The number of pyridine rings is 1. The van der Waals surface area contributed by atoms with E-state index in [1.165, 1.54) is 19.3 Å². The lowest BCUT2D eigenvalue weighted by Gasteiger charge is -2.27. The van der Waals surface area contributed by atoms with E-state index in [0.717, 1.165) is 41.9 Å². The van der Waals surface area contributed by atoms with Crippen molar-refractivity contribution >= 4 is 22.5 Å². The lowest BCUT2D eigenvalue weighted by atomic mass is 10.1. The van der Waals surface area contributed by atoms with Gasteiger partial charge in [0.1, 0.15) is 5.76 Å². The topological polar surface area (TPSA) is 41.6 Å². The molecule has 0 bridgehead atoms. The van der Waals surface area contributed by atoms with Crippen LogP contribution in [0.1, 0.15) is 30.6 Å². The van der Waals surface area contributed by atoms with Gasteiger partial charge in [0.2, 0.25) is 0 Å². The van der Waals surface area contributed by atoms with Crippen molar-refractivity contribution < 1.29 is 4.42 Å². The molecule has 1 aliphatic rings. The Kier molecular flexibility index (Phi) is 6.38. The molecule has 0 spiro atoms. The second-order valence-corrected chi connectivity index (χ2v) is 8.42. The summed E-state index contributed by atoms with van der Waals surface area (Å²) in [5.41, 5.74) is 1.78. The van der Waals surface area contributed by atoms with Crippen molar-refractivity contribution in [1.29, 1.82) is 0 Å². The molecule has 1 aliphatic heterocycles. The zero-order valence-corrected chi connectivity index (χ0v) is 17.7. The molecule has 3 aromatic rings. The molecule has 1 saturated heterocycles. The summed E-state index contributed by atoms with van der Waals surface area (Å²) in [6.45, 7) is 5.07. The lowest BCUT2D eigenvalue weighted by molar-refractivity contribution is 0.220. The van der Waals surface area contributed by atoms with Gasteiger partial charge in [-0.3, -0.25) is 9.69 Å². The average molecular weight is 414 g/mol. The summed E-state index contributed by atoms with van der Waals surface area (Å²) >= 11 is 6.25. The van der Waals surface area contributed by atoms with Gasteiger partial charge in [-0.2, -0.15) is 0 Å². The minimum absolute atomic E-state index is 0.0723. The molecule has 1 fully saturated rings. The molecule has 0 N–H and O–H groups in total. The van der Waals surface area contributed by atoms with Crippen LogP contribution in [0.25, 0.3) is 10.9 Å². The van der Waals surface area contributed by atoms with Gasteiger partial charge in [-0.1, -0.05) is 24.1 Å². The van der Waals surface area contributed by atoms with Crippen molar-refractivity contribution in [3.63, 3.8) is 0 Å². The first kappa shape index (κ1) is 20.2. The Hall–Kier alpha value is -2.08. The predicted octanol–water partition coefficient (Wildman–Crippen LogP) is 4.37. The van der Waals surface area contributed by atoms with Gasteiger partial charge in [-0.15, -0.1) is 0 Å². The Bertz CT molecular complexity index is 1010. The summed E-state index contributed by atoms with van der Waals surface area (Å²) in [4.78, 5) is 17.9. The highest BCUT2D eigenvalue weighted by molar-refractivity contribution is 6.31. The number of hydrogen-bond donors (Lipinski definition) is 0. The third kappa shape index (κ3) is 4.92. The zero-order chi connectivity index (χ0) is 20.2. The Morgan fingerprint density at radius 1 is 1.07 bits per heavy atom. The predicted molar refractivity (Wildman–Crippen MR) is 117 cm³/mol. The van der Waals surface area contributed by atoms with E-state index in [-0.39, 0.29) is 5.56 Å². The van der Waals surface area contributed by atoms with Crippen LogP contribution in [-0.4, -0.2) is 41.0 Å². The molecule has 0 unspecified atom stereocenters. The number of furan rings is 1. The van der Waals surface area contributed by atoms with E-state index in [2.05, 4.69) is 9.80 Å². The molecule has 0 radical (unpaired) electrons. The van der Waals surface area contributed by atoms with E-state index in [0.29, 0.717) is 24.7 Å². The minimum atomic E-state index is 0.0723. The first-order valence-corrected chi connectivity index (χ1v) is 10.7. The highest BCUT2D eigenvalue weighted by Crippen LogP contribution is 2.20. The van der Waals surface area contributed by atoms with E-state index in [9.17, 15) is 4.79 Å². The normalized spacial score (nSPS) is 15.4. The van der Waals surface area contributed by atoms with Crippen LogP contribution < -0.4 is 5.56 Å². The van der Waals surface area contributed by atoms with Crippen LogP contribution in [0.4, 0.5) is 0 Å². The summed E-state index contributed by atoms with van der Waals surface area (Å²) in [6, 6.07) is 11.6.